The summed E-state index contributed by atoms with van der Waals surface area (Å²) >= 11 is 0. The van der Waals surface area contributed by atoms with Gasteiger partial charge in [0.25, 0.3) is 0 Å². The molecule has 0 aromatic heterocycles. The first-order valence-corrected chi connectivity index (χ1v) is 9.01. The van der Waals surface area contributed by atoms with Crippen LogP contribution in [0.15, 0.2) is 42.5 Å². The van der Waals surface area contributed by atoms with E-state index >= 15 is 0 Å². The lowest BCUT2D eigenvalue weighted by Gasteiger charge is -2.30. The van der Waals surface area contributed by atoms with Crippen LogP contribution in [0.3, 0.4) is 0 Å². The van der Waals surface area contributed by atoms with E-state index in [1.165, 1.54) is 19.1 Å². The van der Waals surface area contributed by atoms with E-state index in [1.807, 2.05) is 6.92 Å². The number of hydrogen-bond donors (Lipinski definition) is 1. The predicted octanol–water partition coefficient (Wildman–Crippen LogP) is 3.23. The number of rotatable bonds is 4. The van der Waals surface area contributed by atoms with E-state index in [1.54, 1.807) is 47.2 Å². The molecule has 2 aromatic carbocycles. The molecule has 1 aliphatic rings. The van der Waals surface area contributed by atoms with Crippen LogP contribution < -0.4 is 15.1 Å². The smallest absolute Gasteiger partial charge is 0.246 e. The lowest BCUT2D eigenvalue weighted by Crippen LogP contribution is -2.44. The van der Waals surface area contributed by atoms with E-state index < -0.39 is 11.6 Å². The van der Waals surface area contributed by atoms with Crippen LogP contribution in [0.1, 0.15) is 30.6 Å². The number of nitrogens with one attached hydrogen (secondary N) is 1. The molecule has 1 heterocycles. The Bertz CT molecular complexity index is 944. The Hall–Kier alpha value is -3.22. The number of anilines is 3. The minimum Gasteiger partial charge on any atom is -0.365 e. The Labute approximate surface area is 162 Å². The normalized spacial score (nSPS) is 16.1. The zero-order valence-electron chi connectivity index (χ0n) is 16.0. The molecule has 28 heavy (non-hydrogen) atoms. The minimum absolute atomic E-state index is 0.0426. The van der Waals surface area contributed by atoms with Gasteiger partial charge in [-0.3, -0.25) is 14.4 Å². The van der Waals surface area contributed by atoms with Crippen molar-refractivity contribution in [2.24, 2.45) is 0 Å². The zero-order valence-corrected chi connectivity index (χ0v) is 16.0. The maximum absolute atomic E-state index is 14.1. The number of benzene rings is 2. The number of carbonyl (C=O) groups is 3. The molecule has 0 bridgehead atoms. The van der Waals surface area contributed by atoms with E-state index in [-0.39, 0.29) is 36.4 Å². The van der Waals surface area contributed by atoms with Crippen molar-refractivity contribution in [3.8, 4) is 0 Å². The third-order valence-corrected chi connectivity index (χ3v) is 4.76. The highest BCUT2D eigenvalue weighted by molar-refractivity contribution is 6.06. The molecule has 1 atom stereocenters. The molecule has 1 unspecified atom stereocenters. The Balaban J connectivity index is 1.92. The van der Waals surface area contributed by atoms with Gasteiger partial charge < -0.3 is 15.1 Å². The first-order chi connectivity index (χ1) is 13.3. The minimum atomic E-state index is -0.618. The summed E-state index contributed by atoms with van der Waals surface area (Å²) in [5.74, 6) is -1.44. The standard InChI is InChI=1S/C21H22FN3O3/c1-13-11-19(27)23-16-8-4-5-9-17(16)25(13)20(28)12-24(3)18-10-6-7-15(22)21(18)14(2)26/h4-10,13H,11-12H2,1-3H3,(H,23,27). The number of para-hydroxylation sites is 2. The van der Waals surface area contributed by atoms with Gasteiger partial charge in [-0.25, -0.2) is 4.39 Å². The molecular formula is C21H22FN3O3. The van der Waals surface area contributed by atoms with Gasteiger partial charge in [-0.1, -0.05) is 18.2 Å². The summed E-state index contributed by atoms with van der Waals surface area (Å²) in [4.78, 5) is 40.2. The van der Waals surface area contributed by atoms with Crippen LogP contribution in [-0.2, 0) is 9.59 Å². The van der Waals surface area contributed by atoms with E-state index in [0.717, 1.165) is 0 Å². The number of Topliss-reactive ketones (excluding diaryl/α,β-unsaturated/α-hetero) is 1. The number of halogens is 1. The van der Waals surface area contributed by atoms with Crippen LogP contribution in [0.25, 0.3) is 0 Å². The van der Waals surface area contributed by atoms with Crippen molar-refractivity contribution >= 4 is 34.7 Å². The van der Waals surface area contributed by atoms with Crippen molar-refractivity contribution in [2.45, 2.75) is 26.3 Å². The number of carbonyl (C=O) groups excluding carboxylic acids is 3. The average molecular weight is 383 g/mol. The molecule has 0 saturated heterocycles. The lowest BCUT2D eigenvalue weighted by atomic mass is 10.1. The summed E-state index contributed by atoms with van der Waals surface area (Å²) in [7, 11) is 1.64. The average Bonchev–Trinajstić information content (AvgIpc) is 2.75. The van der Waals surface area contributed by atoms with Crippen molar-refractivity contribution in [1.29, 1.82) is 0 Å². The Morgan fingerprint density at radius 1 is 1.21 bits per heavy atom. The van der Waals surface area contributed by atoms with Crippen molar-refractivity contribution in [2.75, 3.05) is 28.7 Å². The first kappa shape index (κ1) is 19.5. The third-order valence-electron chi connectivity index (χ3n) is 4.76. The van der Waals surface area contributed by atoms with Gasteiger partial charge in [-0.05, 0) is 38.1 Å². The Morgan fingerprint density at radius 2 is 1.93 bits per heavy atom. The molecular weight excluding hydrogens is 361 g/mol. The second-order valence-electron chi connectivity index (χ2n) is 6.93. The number of amides is 2. The molecule has 1 aliphatic heterocycles. The molecule has 0 fully saturated rings. The van der Waals surface area contributed by atoms with Gasteiger partial charge in [0.2, 0.25) is 11.8 Å². The van der Waals surface area contributed by atoms with Gasteiger partial charge in [-0.15, -0.1) is 0 Å². The van der Waals surface area contributed by atoms with Crippen LogP contribution in [-0.4, -0.2) is 37.2 Å². The van der Waals surface area contributed by atoms with E-state index in [4.69, 9.17) is 0 Å². The molecule has 6 nitrogen and oxygen atoms in total. The summed E-state index contributed by atoms with van der Waals surface area (Å²) in [5, 5.41) is 2.81. The zero-order chi connectivity index (χ0) is 20.4. The van der Waals surface area contributed by atoms with E-state index in [9.17, 15) is 18.8 Å². The Kier molecular flexibility index (Phi) is 5.44. The van der Waals surface area contributed by atoms with Crippen LogP contribution in [0, 0.1) is 5.82 Å². The number of hydrogen-bond acceptors (Lipinski definition) is 4. The van der Waals surface area contributed by atoms with Gasteiger partial charge in [0, 0.05) is 19.5 Å². The maximum atomic E-state index is 14.1. The highest BCUT2D eigenvalue weighted by atomic mass is 19.1. The van der Waals surface area contributed by atoms with Crippen LogP contribution in [0.4, 0.5) is 21.5 Å². The van der Waals surface area contributed by atoms with E-state index in [2.05, 4.69) is 5.32 Å². The fourth-order valence-corrected chi connectivity index (χ4v) is 3.51. The van der Waals surface area contributed by atoms with Crippen LogP contribution in [0.5, 0.6) is 0 Å². The molecule has 1 N–H and O–H groups in total. The van der Waals surface area contributed by atoms with Crippen molar-refractivity contribution in [1.82, 2.24) is 0 Å². The molecule has 2 amide bonds. The fourth-order valence-electron chi connectivity index (χ4n) is 3.51. The molecule has 0 aliphatic carbocycles. The molecule has 7 heteroatoms. The topological polar surface area (TPSA) is 69.7 Å². The van der Waals surface area contributed by atoms with Gasteiger partial charge in [0.1, 0.15) is 5.82 Å². The van der Waals surface area contributed by atoms with Crippen LogP contribution >= 0.6 is 0 Å². The number of fused-ring (bicyclic) bond motifs is 1. The third kappa shape index (κ3) is 3.74. The van der Waals surface area contributed by atoms with Crippen molar-refractivity contribution < 1.29 is 18.8 Å². The molecule has 0 radical (unpaired) electrons. The van der Waals surface area contributed by atoms with Crippen molar-refractivity contribution in [3.63, 3.8) is 0 Å². The fraction of sp³-hybridized carbons (Fsp3) is 0.286. The second kappa shape index (κ2) is 7.80. The summed E-state index contributed by atoms with van der Waals surface area (Å²) in [6, 6.07) is 11.1. The van der Waals surface area contributed by atoms with Gasteiger partial charge in [0.05, 0.1) is 29.2 Å². The summed E-state index contributed by atoms with van der Waals surface area (Å²) in [6.45, 7) is 3.03. The van der Waals surface area contributed by atoms with Gasteiger partial charge >= 0.3 is 0 Å². The molecule has 146 valence electrons. The monoisotopic (exact) mass is 383 g/mol. The van der Waals surface area contributed by atoms with Gasteiger partial charge in [-0.2, -0.15) is 0 Å². The highest BCUT2D eigenvalue weighted by Crippen LogP contribution is 2.32. The first-order valence-electron chi connectivity index (χ1n) is 9.01. The molecule has 2 aromatic rings. The molecule has 0 saturated carbocycles. The van der Waals surface area contributed by atoms with Crippen LogP contribution in [0.2, 0.25) is 0 Å². The SMILES string of the molecule is CC(=O)c1c(F)cccc1N(C)CC(=O)N1c2ccccc2NC(=O)CC1C. The summed E-state index contributed by atoms with van der Waals surface area (Å²) in [5.41, 5.74) is 1.50. The second-order valence-corrected chi connectivity index (χ2v) is 6.93. The van der Waals surface area contributed by atoms with Crippen molar-refractivity contribution in [3.05, 3.63) is 53.8 Å². The number of likely N-dealkylation sites (N-methyl/N-ethyl adjacent to an activating group) is 1. The molecule has 0 spiro atoms. The largest absolute Gasteiger partial charge is 0.365 e. The maximum Gasteiger partial charge on any atom is 0.246 e. The van der Waals surface area contributed by atoms with E-state index in [0.29, 0.717) is 17.1 Å². The number of ketones is 1. The highest BCUT2D eigenvalue weighted by Gasteiger charge is 2.30. The predicted molar refractivity (Wildman–Crippen MR) is 106 cm³/mol. The molecule has 3 rings (SSSR count). The Morgan fingerprint density at radius 3 is 2.64 bits per heavy atom. The number of nitrogens with zero attached hydrogens (tertiary/aromatic N) is 2. The quantitative estimate of drug-likeness (QED) is 0.823. The lowest BCUT2D eigenvalue weighted by molar-refractivity contribution is -0.118. The summed E-state index contributed by atoms with van der Waals surface area (Å²) < 4.78 is 14.1. The van der Waals surface area contributed by atoms with Gasteiger partial charge in [0.15, 0.2) is 5.78 Å². The summed E-state index contributed by atoms with van der Waals surface area (Å²) in [6.07, 6.45) is 0.169.